The van der Waals surface area contributed by atoms with Crippen LogP contribution in [0.4, 0.5) is 0 Å². The highest BCUT2D eigenvalue weighted by Gasteiger charge is 2.15. The summed E-state index contributed by atoms with van der Waals surface area (Å²) in [5.74, 6) is 0.456. The molecule has 0 spiro atoms. The number of nitrogens with zero attached hydrogens (tertiary/aromatic N) is 3. The van der Waals surface area contributed by atoms with Gasteiger partial charge in [-0.2, -0.15) is 0 Å². The maximum Gasteiger partial charge on any atom is 0.217 e. The predicted molar refractivity (Wildman–Crippen MR) is 130 cm³/mol. The monoisotopic (exact) mass is 470 g/mol. The van der Waals surface area contributed by atoms with Gasteiger partial charge in [-0.05, 0) is 39.0 Å². The van der Waals surface area contributed by atoms with Gasteiger partial charge in [0.25, 0.3) is 0 Å². The van der Waals surface area contributed by atoms with Crippen LogP contribution in [0.2, 0.25) is 5.02 Å². The van der Waals surface area contributed by atoms with Gasteiger partial charge in [-0.1, -0.05) is 35.3 Å². The van der Waals surface area contributed by atoms with Crippen molar-refractivity contribution in [1.82, 2.24) is 15.3 Å². The number of benzene rings is 1. The zero-order valence-electron chi connectivity index (χ0n) is 18.4. The summed E-state index contributed by atoms with van der Waals surface area (Å²) in [5, 5.41) is 4.74. The number of nitrogens with one attached hydrogen (secondary N) is 1. The van der Waals surface area contributed by atoms with Gasteiger partial charge < -0.3 is 10.1 Å². The number of halogens is 2. The molecule has 0 saturated heterocycles. The molecule has 1 amide bonds. The summed E-state index contributed by atoms with van der Waals surface area (Å²) in [6, 6.07) is 9.39. The predicted octanol–water partition coefficient (Wildman–Crippen LogP) is 5.82. The van der Waals surface area contributed by atoms with Gasteiger partial charge in [0, 0.05) is 46.6 Å². The van der Waals surface area contributed by atoms with Crippen LogP contribution in [-0.4, -0.2) is 22.1 Å². The summed E-state index contributed by atoms with van der Waals surface area (Å²) in [4.78, 5) is 24.8. The molecule has 3 aromatic rings. The molecular weight excluding hydrogens is 447 g/mol. The molecule has 0 unspecified atom stereocenters. The number of pyridine rings is 2. The Morgan fingerprint density at radius 2 is 2.06 bits per heavy atom. The van der Waals surface area contributed by atoms with Crippen molar-refractivity contribution in [3.05, 3.63) is 69.1 Å². The first-order valence-electron chi connectivity index (χ1n) is 10.1. The van der Waals surface area contributed by atoms with Crippen molar-refractivity contribution in [2.45, 2.75) is 40.8 Å². The number of fused-ring (bicyclic) bond motifs is 1. The van der Waals surface area contributed by atoms with Crippen LogP contribution in [0.5, 0.6) is 5.75 Å². The molecule has 0 atom stereocenters. The Kier molecular flexibility index (Phi) is 7.83. The standard InChI is InChI=1S/C24H24Cl2N4O2/c1-5-27-23(15(3)25)18-11-14(2)30-24-17(18)7-6-8-22(24)32-13-19-20(26)9-10-28-21(19)12-29-16(4)31/h5-11H,12-13H2,1-4H3,(H,29,31)/b23-15+,27-5?. The minimum absolute atomic E-state index is 0.145. The minimum Gasteiger partial charge on any atom is -0.486 e. The summed E-state index contributed by atoms with van der Waals surface area (Å²) < 4.78 is 6.16. The number of hydrogen-bond donors (Lipinski definition) is 1. The van der Waals surface area contributed by atoms with Gasteiger partial charge in [-0.3, -0.25) is 14.8 Å². The second-order valence-electron chi connectivity index (χ2n) is 7.15. The van der Waals surface area contributed by atoms with Crippen LogP contribution in [0.1, 0.15) is 43.3 Å². The largest absolute Gasteiger partial charge is 0.486 e. The lowest BCUT2D eigenvalue weighted by molar-refractivity contribution is -0.119. The fourth-order valence-electron chi connectivity index (χ4n) is 3.31. The first-order chi connectivity index (χ1) is 15.3. The van der Waals surface area contributed by atoms with Crippen molar-refractivity contribution >= 4 is 51.9 Å². The number of carbonyl (C=O) groups is 1. The molecule has 3 rings (SSSR count). The molecule has 1 aromatic carbocycles. The van der Waals surface area contributed by atoms with Crippen LogP contribution in [0.3, 0.4) is 0 Å². The van der Waals surface area contributed by atoms with E-state index in [-0.39, 0.29) is 19.1 Å². The molecule has 0 aliphatic heterocycles. The van der Waals surface area contributed by atoms with Crippen LogP contribution in [0, 0.1) is 6.92 Å². The highest BCUT2D eigenvalue weighted by molar-refractivity contribution is 6.32. The summed E-state index contributed by atoms with van der Waals surface area (Å²) in [6.07, 6.45) is 3.32. The first kappa shape index (κ1) is 23.7. The Morgan fingerprint density at radius 1 is 1.28 bits per heavy atom. The van der Waals surface area contributed by atoms with Gasteiger partial charge in [0.2, 0.25) is 5.91 Å². The Hall–Kier alpha value is -2.96. The quantitative estimate of drug-likeness (QED) is 0.441. The topological polar surface area (TPSA) is 76.5 Å². The number of amides is 1. The van der Waals surface area contributed by atoms with E-state index >= 15 is 0 Å². The molecule has 166 valence electrons. The van der Waals surface area contributed by atoms with E-state index in [1.807, 2.05) is 45.0 Å². The number of para-hydroxylation sites is 1. The van der Waals surface area contributed by atoms with Gasteiger partial charge >= 0.3 is 0 Å². The molecule has 0 fully saturated rings. The van der Waals surface area contributed by atoms with Gasteiger partial charge in [-0.15, -0.1) is 0 Å². The van der Waals surface area contributed by atoms with Gasteiger partial charge in [0.15, 0.2) is 0 Å². The van der Waals surface area contributed by atoms with Crippen LogP contribution in [-0.2, 0) is 17.9 Å². The number of aromatic nitrogens is 2. The lowest BCUT2D eigenvalue weighted by atomic mass is 10.0. The Labute approximate surface area is 197 Å². The zero-order valence-corrected chi connectivity index (χ0v) is 19.9. The fourth-order valence-corrected chi connectivity index (χ4v) is 3.68. The van der Waals surface area contributed by atoms with E-state index in [1.165, 1.54) is 6.92 Å². The van der Waals surface area contributed by atoms with E-state index in [2.05, 4.69) is 15.3 Å². The molecule has 2 heterocycles. The maximum absolute atomic E-state index is 11.3. The lowest BCUT2D eigenvalue weighted by Gasteiger charge is -2.15. The third kappa shape index (κ3) is 5.44. The summed E-state index contributed by atoms with van der Waals surface area (Å²) in [6.45, 7) is 7.48. The van der Waals surface area contributed by atoms with Crippen molar-refractivity contribution in [1.29, 1.82) is 0 Å². The smallest absolute Gasteiger partial charge is 0.217 e. The molecule has 8 heteroatoms. The molecule has 1 N–H and O–H groups in total. The minimum atomic E-state index is -0.145. The number of hydrogen-bond acceptors (Lipinski definition) is 5. The zero-order chi connectivity index (χ0) is 23.3. The molecule has 0 aliphatic rings. The van der Waals surface area contributed by atoms with Crippen LogP contribution < -0.4 is 10.1 Å². The second-order valence-corrected chi connectivity index (χ2v) is 8.12. The molecule has 0 aliphatic carbocycles. The van der Waals surface area contributed by atoms with Gasteiger partial charge in [0.1, 0.15) is 17.9 Å². The number of aryl methyl sites for hydroxylation is 1. The van der Waals surface area contributed by atoms with Crippen molar-refractivity contribution < 1.29 is 9.53 Å². The summed E-state index contributed by atoms with van der Waals surface area (Å²) >= 11 is 12.7. The molecule has 6 nitrogen and oxygen atoms in total. The van der Waals surface area contributed by atoms with E-state index in [4.69, 9.17) is 32.9 Å². The van der Waals surface area contributed by atoms with Gasteiger partial charge in [0.05, 0.1) is 23.0 Å². The van der Waals surface area contributed by atoms with Gasteiger partial charge in [-0.25, -0.2) is 4.98 Å². The van der Waals surface area contributed by atoms with Crippen LogP contribution in [0.15, 0.2) is 46.6 Å². The SMILES string of the molecule is CC=N/C(=C(\C)Cl)c1cc(C)nc2c(OCc3c(Cl)ccnc3CNC(C)=O)cccc12. The Morgan fingerprint density at radius 3 is 2.75 bits per heavy atom. The summed E-state index contributed by atoms with van der Waals surface area (Å²) in [7, 11) is 0. The molecule has 2 aromatic heterocycles. The van der Waals surface area contributed by atoms with E-state index in [9.17, 15) is 4.79 Å². The lowest BCUT2D eigenvalue weighted by Crippen LogP contribution is -2.21. The normalized spacial score (nSPS) is 12.2. The molecule has 0 radical (unpaired) electrons. The number of ether oxygens (including phenoxy) is 1. The fraction of sp³-hybridized carbons (Fsp3) is 0.250. The van der Waals surface area contributed by atoms with Crippen molar-refractivity contribution in [2.75, 3.05) is 0 Å². The highest BCUT2D eigenvalue weighted by Crippen LogP contribution is 2.34. The first-order valence-corrected chi connectivity index (χ1v) is 10.8. The number of rotatable bonds is 7. The third-order valence-corrected chi connectivity index (χ3v) is 5.27. The van der Waals surface area contributed by atoms with Crippen LogP contribution >= 0.6 is 23.2 Å². The maximum atomic E-state index is 11.3. The molecule has 0 saturated carbocycles. The highest BCUT2D eigenvalue weighted by atomic mass is 35.5. The average molecular weight is 471 g/mol. The van der Waals surface area contributed by atoms with Crippen LogP contribution in [0.25, 0.3) is 16.6 Å². The number of carbonyl (C=O) groups excluding carboxylic acids is 1. The molecule has 0 bridgehead atoms. The third-order valence-electron chi connectivity index (χ3n) is 4.73. The Bertz CT molecular complexity index is 1220. The Balaban J connectivity index is 2.02. The average Bonchev–Trinajstić information content (AvgIpc) is 2.74. The van der Waals surface area contributed by atoms with E-state index in [0.717, 1.165) is 16.6 Å². The van der Waals surface area contributed by atoms with E-state index in [0.29, 0.717) is 38.3 Å². The van der Waals surface area contributed by atoms with E-state index < -0.39 is 0 Å². The number of allylic oxidation sites excluding steroid dienone is 1. The van der Waals surface area contributed by atoms with E-state index in [1.54, 1.807) is 18.5 Å². The van der Waals surface area contributed by atoms with Crippen molar-refractivity contribution in [2.24, 2.45) is 4.99 Å². The second kappa shape index (κ2) is 10.6. The van der Waals surface area contributed by atoms with Crippen molar-refractivity contribution in [3.63, 3.8) is 0 Å². The summed E-state index contributed by atoms with van der Waals surface area (Å²) in [5.41, 5.74) is 4.45. The van der Waals surface area contributed by atoms with Crippen molar-refractivity contribution in [3.8, 4) is 5.75 Å². The molecular formula is C24H24Cl2N4O2. The molecule has 32 heavy (non-hydrogen) atoms. The number of aliphatic imine (C=N–C) groups is 1.